The summed E-state index contributed by atoms with van der Waals surface area (Å²) in [6.45, 7) is 7.30. The Morgan fingerprint density at radius 3 is 2.62 bits per heavy atom. The Kier molecular flexibility index (Phi) is 5.94. The van der Waals surface area contributed by atoms with Crippen LogP contribution in [0.3, 0.4) is 0 Å². The second kappa shape index (κ2) is 7.29. The van der Waals surface area contributed by atoms with E-state index in [9.17, 15) is 0 Å². The molecule has 1 aromatic rings. The van der Waals surface area contributed by atoms with Crippen molar-refractivity contribution in [1.82, 2.24) is 0 Å². The number of benzene rings is 1. The molecule has 0 radical (unpaired) electrons. The third kappa shape index (κ3) is 4.23. The topological polar surface area (TPSA) is 13.7 Å². The van der Waals surface area contributed by atoms with Crippen molar-refractivity contribution in [3.8, 4) is 5.75 Å². The minimum absolute atomic E-state index is 0.741. The van der Waals surface area contributed by atoms with Crippen molar-refractivity contribution in [2.75, 3.05) is 20.2 Å². The second-order valence-electron chi connectivity index (χ2n) is 4.28. The van der Waals surface area contributed by atoms with Crippen molar-refractivity contribution >= 4 is 0 Å². The fraction of sp³-hybridized carbons (Fsp3) is 0.571. The molecular formula is C14H24NO+. The van der Waals surface area contributed by atoms with Crippen molar-refractivity contribution < 1.29 is 9.64 Å². The molecule has 16 heavy (non-hydrogen) atoms. The first-order valence-electron chi connectivity index (χ1n) is 6.30. The maximum absolute atomic E-state index is 5.63. The van der Waals surface area contributed by atoms with Gasteiger partial charge >= 0.3 is 0 Å². The SMILES string of the molecule is CCCC[NH+](C)Cc1ccccc1OCC. The number of nitrogens with one attached hydrogen (secondary N) is 1. The van der Waals surface area contributed by atoms with Crippen LogP contribution in [0.4, 0.5) is 0 Å². The maximum atomic E-state index is 5.63. The van der Waals surface area contributed by atoms with Gasteiger partial charge in [-0.1, -0.05) is 25.5 Å². The molecule has 0 saturated heterocycles. The van der Waals surface area contributed by atoms with Crippen LogP contribution in [0.25, 0.3) is 0 Å². The van der Waals surface area contributed by atoms with Crippen molar-refractivity contribution in [1.29, 1.82) is 0 Å². The molecule has 0 aliphatic carbocycles. The highest BCUT2D eigenvalue weighted by atomic mass is 16.5. The van der Waals surface area contributed by atoms with Crippen LogP contribution in [0.1, 0.15) is 32.3 Å². The molecule has 0 aliphatic rings. The van der Waals surface area contributed by atoms with E-state index < -0.39 is 0 Å². The van der Waals surface area contributed by atoms with Gasteiger partial charge in [0, 0.05) is 5.56 Å². The summed E-state index contributed by atoms with van der Waals surface area (Å²) < 4.78 is 5.63. The monoisotopic (exact) mass is 222 g/mol. The molecule has 0 amide bonds. The Hall–Kier alpha value is -1.02. The van der Waals surface area contributed by atoms with Crippen LogP contribution in [0, 0.1) is 0 Å². The Bertz CT molecular complexity index is 299. The van der Waals surface area contributed by atoms with Crippen molar-refractivity contribution in [3.05, 3.63) is 29.8 Å². The van der Waals surface area contributed by atoms with Crippen LogP contribution >= 0.6 is 0 Å². The van der Waals surface area contributed by atoms with Crippen LogP contribution in [0.2, 0.25) is 0 Å². The number of para-hydroxylation sites is 1. The van der Waals surface area contributed by atoms with Gasteiger partial charge in [-0.05, 0) is 25.5 Å². The number of ether oxygens (including phenoxy) is 1. The van der Waals surface area contributed by atoms with E-state index >= 15 is 0 Å². The van der Waals surface area contributed by atoms with Gasteiger partial charge in [-0.2, -0.15) is 0 Å². The van der Waals surface area contributed by atoms with Crippen LogP contribution in [-0.2, 0) is 6.54 Å². The van der Waals surface area contributed by atoms with Gasteiger partial charge in [-0.15, -0.1) is 0 Å². The summed E-state index contributed by atoms with van der Waals surface area (Å²) in [6.07, 6.45) is 2.56. The summed E-state index contributed by atoms with van der Waals surface area (Å²) in [4.78, 5) is 1.55. The molecule has 1 N–H and O–H groups in total. The van der Waals surface area contributed by atoms with Gasteiger partial charge in [0.1, 0.15) is 12.3 Å². The van der Waals surface area contributed by atoms with Gasteiger partial charge in [0.15, 0.2) is 0 Å². The molecule has 0 aliphatic heterocycles. The Balaban J connectivity index is 2.57. The minimum atomic E-state index is 0.741. The van der Waals surface area contributed by atoms with E-state index in [0.717, 1.165) is 18.9 Å². The lowest BCUT2D eigenvalue weighted by Crippen LogP contribution is -3.07. The average molecular weight is 222 g/mol. The Labute approximate surface area is 99.2 Å². The third-order valence-electron chi connectivity index (χ3n) is 2.72. The lowest BCUT2D eigenvalue weighted by atomic mass is 10.2. The average Bonchev–Trinajstić information content (AvgIpc) is 2.29. The van der Waals surface area contributed by atoms with E-state index in [1.807, 2.05) is 13.0 Å². The van der Waals surface area contributed by atoms with E-state index in [0.29, 0.717) is 0 Å². The molecule has 1 unspecified atom stereocenters. The fourth-order valence-electron chi connectivity index (χ4n) is 1.84. The number of rotatable bonds is 7. The Morgan fingerprint density at radius 1 is 1.19 bits per heavy atom. The standard InChI is InChI=1S/C14H23NO/c1-4-6-11-15(3)12-13-9-7-8-10-14(13)16-5-2/h7-10H,4-6,11-12H2,1-3H3/p+1. The predicted molar refractivity (Wildman–Crippen MR) is 68.0 cm³/mol. The first kappa shape index (κ1) is 13.0. The van der Waals surface area contributed by atoms with Crippen molar-refractivity contribution in [3.63, 3.8) is 0 Å². The second-order valence-corrected chi connectivity index (χ2v) is 4.28. The number of hydrogen-bond donors (Lipinski definition) is 1. The van der Waals surface area contributed by atoms with E-state index in [-0.39, 0.29) is 0 Å². The highest BCUT2D eigenvalue weighted by Gasteiger charge is 2.08. The van der Waals surface area contributed by atoms with Gasteiger partial charge in [0.05, 0.1) is 20.2 Å². The molecule has 2 heteroatoms. The molecule has 1 atom stereocenters. The van der Waals surface area contributed by atoms with Crippen LogP contribution in [-0.4, -0.2) is 20.2 Å². The summed E-state index contributed by atoms with van der Waals surface area (Å²) in [7, 11) is 2.25. The molecule has 0 bridgehead atoms. The van der Waals surface area contributed by atoms with Gasteiger partial charge in [-0.3, -0.25) is 0 Å². The van der Waals surface area contributed by atoms with Crippen LogP contribution in [0.5, 0.6) is 5.75 Å². The van der Waals surface area contributed by atoms with Crippen LogP contribution in [0.15, 0.2) is 24.3 Å². The van der Waals surface area contributed by atoms with Crippen LogP contribution < -0.4 is 9.64 Å². The first-order chi connectivity index (χ1) is 7.77. The molecule has 2 nitrogen and oxygen atoms in total. The molecule has 0 aromatic heterocycles. The highest BCUT2D eigenvalue weighted by molar-refractivity contribution is 5.32. The zero-order valence-corrected chi connectivity index (χ0v) is 10.8. The Morgan fingerprint density at radius 2 is 1.94 bits per heavy atom. The summed E-state index contributed by atoms with van der Waals surface area (Å²) in [5, 5.41) is 0. The van der Waals surface area contributed by atoms with E-state index in [4.69, 9.17) is 4.74 Å². The molecule has 0 heterocycles. The maximum Gasteiger partial charge on any atom is 0.128 e. The van der Waals surface area contributed by atoms with Gasteiger partial charge in [0.25, 0.3) is 0 Å². The highest BCUT2D eigenvalue weighted by Crippen LogP contribution is 2.16. The summed E-state index contributed by atoms with van der Waals surface area (Å²) in [5.74, 6) is 1.04. The predicted octanol–water partition coefficient (Wildman–Crippen LogP) is 1.90. The number of hydrogen-bond acceptors (Lipinski definition) is 1. The fourth-order valence-corrected chi connectivity index (χ4v) is 1.84. The van der Waals surface area contributed by atoms with E-state index in [1.54, 1.807) is 4.90 Å². The number of quaternary nitrogens is 1. The smallest absolute Gasteiger partial charge is 0.128 e. The zero-order valence-electron chi connectivity index (χ0n) is 10.8. The number of unbranched alkanes of at least 4 members (excludes halogenated alkanes) is 1. The summed E-state index contributed by atoms with van der Waals surface area (Å²) >= 11 is 0. The molecule has 0 fully saturated rings. The van der Waals surface area contributed by atoms with Gasteiger partial charge in [0.2, 0.25) is 0 Å². The van der Waals surface area contributed by atoms with E-state index in [2.05, 4.69) is 32.2 Å². The summed E-state index contributed by atoms with van der Waals surface area (Å²) in [5.41, 5.74) is 1.32. The molecule has 1 aromatic carbocycles. The van der Waals surface area contributed by atoms with Gasteiger partial charge < -0.3 is 9.64 Å². The zero-order chi connectivity index (χ0) is 11.8. The quantitative estimate of drug-likeness (QED) is 0.744. The molecule has 90 valence electrons. The lowest BCUT2D eigenvalue weighted by molar-refractivity contribution is -0.894. The third-order valence-corrected chi connectivity index (χ3v) is 2.72. The van der Waals surface area contributed by atoms with E-state index in [1.165, 1.54) is 24.9 Å². The van der Waals surface area contributed by atoms with Gasteiger partial charge in [-0.25, -0.2) is 0 Å². The molecule has 1 rings (SSSR count). The summed E-state index contributed by atoms with van der Waals surface area (Å²) in [6, 6.07) is 8.35. The molecule has 0 spiro atoms. The largest absolute Gasteiger partial charge is 0.493 e. The molecule has 0 saturated carbocycles. The van der Waals surface area contributed by atoms with Crippen molar-refractivity contribution in [2.45, 2.75) is 33.2 Å². The molecular weight excluding hydrogens is 198 g/mol. The minimum Gasteiger partial charge on any atom is -0.493 e. The lowest BCUT2D eigenvalue weighted by Gasteiger charge is -2.16. The van der Waals surface area contributed by atoms with Crippen molar-refractivity contribution in [2.24, 2.45) is 0 Å². The first-order valence-corrected chi connectivity index (χ1v) is 6.30. The normalized spacial score (nSPS) is 12.4.